The van der Waals surface area contributed by atoms with E-state index in [1.807, 2.05) is 54.6 Å². The first-order valence-electron chi connectivity index (χ1n) is 6.51. The van der Waals surface area contributed by atoms with E-state index in [1.165, 1.54) is 0 Å². The van der Waals surface area contributed by atoms with Crippen molar-refractivity contribution >= 4 is 16.9 Å². The third-order valence-corrected chi connectivity index (χ3v) is 3.28. The van der Waals surface area contributed by atoms with E-state index in [0.717, 1.165) is 28.3 Å². The molecule has 2 aromatic carbocycles. The summed E-state index contributed by atoms with van der Waals surface area (Å²) >= 11 is 0. The second kappa shape index (κ2) is 6.11. The number of anilines is 2. The van der Waals surface area contributed by atoms with Crippen molar-refractivity contribution in [2.75, 3.05) is 11.5 Å². The predicted octanol–water partition coefficient (Wildman–Crippen LogP) is 4.06. The Labute approximate surface area is 120 Å². The Morgan fingerprint density at radius 1 is 0.900 bits per heavy atom. The van der Waals surface area contributed by atoms with Gasteiger partial charge in [0.2, 0.25) is 0 Å². The highest BCUT2D eigenvalue weighted by molar-refractivity contribution is 5.86. The van der Waals surface area contributed by atoms with E-state index in [2.05, 4.69) is 13.2 Å². The summed E-state index contributed by atoms with van der Waals surface area (Å²) in [6.07, 6.45) is 2.55. The van der Waals surface area contributed by atoms with Crippen molar-refractivity contribution in [2.45, 2.75) is 6.42 Å². The molecule has 0 aromatic heterocycles. The van der Waals surface area contributed by atoms with Crippen LogP contribution in [0.15, 0.2) is 67.8 Å². The van der Waals surface area contributed by atoms with Crippen molar-refractivity contribution in [3.05, 3.63) is 84.8 Å². The molecule has 2 rings (SSSR count). The van der Waals surface area contributed by atoms with Gasteiger partial charge in [-0.15, -0.1) is 6.58 Å². The third kappa shape index (κ3) is 2.75. The highest BCUT2D eigenvalue weighted by Gasteiger charge is 2.19. The van der Waals surface area contributed by atoms with Crippen LogP contribution in [0.5, 0.6) is 0 Å². The number of rotatable bonds is 5. The van der Waals surface area contributed by atoms with Crippen LogP contribution in [0.25, 0.3) is 5.57 Å². The molecule has 2 aromatic rings. The first-order chi connectivity index (χ1) is 9.65. The third-order valence-electron chi connectivity index (χ3n) is 3.28. The second-order valence-electron chi connectivity index (χ2n) is 4.62. The zero-order valence-corrected chi connectivity index (χ0v) is 11.5. The van der Waals surface area contributed by atoms with Crippen molar-refractivity contribution in [3.63, 3.8) is 0 Å². The normalized spacial score (nSPS) is 10.4. The lowest BCUT2D eigenvalue weighted by Gasteiger charge is -2.21. The monoisotopic (exact) mass is 263 g/mol. The van der Waals surface area contributed by atoms with Gasteiger partial charge in [-0.1, -0.05) is 49.1 Å². The molecule has 0 saturated heterocycles. The first kappa shape index (κ1) is 13.9. The highest BCUT2D eigenvalue weighted by Crippen LogP contribution is 2.37. The maximum atomic E-state index is 6.08. The van der Waals surface area contributed by atoms with Crippen molar-refractivity contribution in [3.8, 4) is 0 Å². The number of nitrogens with two attached hydrogens (primary N) is 2. The zero-order chi connectivity index (χ0) is 14.5. The number of para-hydroxylation sites is 2. The van der Waals surface area contributed by atoms with Gasteiger partial charge < -0.3 is 11.5 Å². The van der Waals surface area contributed by atoms with Crippen LogP contribution in [0, 0.1) is 5.92 Å². The Morgan fingerprint density at radius 2 is 1.40 bits per heavy atom. The van der Waals surface area contributed by atoms with Crippen LogP contribution < -0.4 is 11.5 Å². The van der Waals surface area contributed by atoms with Gasteiger partial charge in [0.1, 0.15) is 0 Å². The Kier molecular flexibility index (Phi) is 4.26. The number of allylic oxidation sites excluding steroid dienone is 2. The Balaban J connectivity index is 2.44. The second-order valence-corrected chi connectivity index (χ2v) is 4.62. The summed E-state index contributed by atoms with van der Waals surface area (Å²) in [6, 6.07) is 15.5. The average Bonchev–Trinajstić information content (AvgIpc) is 2.46. The lowest BCUT2D eigenvalue weighted by atomic mass is 9.84. The fourth-order valence-corrected chi connectivity index (χ4v) is 2.25. The van der Waals surface area contributed by atoms with Gasteiger partial charge in [-0.2, -0.15) is 0 Å². The molecule has 0 heterocycles. The molecule has 4 N–H and O–H groups in total. The summed E-state index contributed by atoms with van der Waals surface area (Å²) in [4.78, 5) is 0. The average molecular weight is 263 g/mol. The molecule has 0 fully saturated rings. The maximum absolute atomic E-state index is 6.08. The fourth-order valence-electron chi connectivity index (χ4n) is 2.25. The molecule has 0 unspecified atom stereocenters. The molecule has 0 aliphatic heterocycles. The molecule has 0 aliphatic carbocycles. The minimum atomic E-state index is 0.696. The van der Waals surface area contributed by atoms with Crippen LogP contribution in [0.1, 0.15) is 17.5 Å². The molecule has 2 heteroatoms. The van der Waals surface area contributed by atoms with Crippen molar-refractivity contribution in [1.82, 2.24) is 0 Å². The van der Waals surface area contributed by atoms with E-state index < -0.39 is 0 Å². The quantitative estimate of drug-likeness (QED) is 0.631. The number of hydrogen-bond donors (Lipinski definition) is 2. The van der Waals surface area contributed by atoms with Gasteiger partial charge in [0.25, 0.3) is 0 Å². The SMILES string of the molecule is C=CC[C](C(=C)c1ccccc1N)c1ccccc1N. The van der Waals surface area contributed by atoms with Gasteiger partial charge in [-0.3, -0.25) is 0 Å². The minimum Gasteiger partial charge on any atom is -0.398 e. The molecular weight excluding hydrogens is 244 g/mol. The Morgan fingerprint density at radius 3 is 1.90 bits per heavy atom. The molecule has 0 saturated carbocycles. The van der Waals surface area contributed by atoms with Crippen LogP contribution in [-0.2, 0) is 0 Å². The van der Waals surface area contributed by atoms with Crippen LogP contribution >= 0.6 is 0 Å². The number of benzene rings is 2. The van der Waals surface area contributed by atoms with E-state index in [1.54, 1.807) is 0 Å². The summed E-state index contributed by atoms with van der Waals surface area (Å²) in [7, 11) is 0. The van der Waals surface area contributed by atoms with Gasteiger partial charge in [0, 0.05) is 22.9 Å². The summed E-state index contributed by atoms with van der Waals surface area (Å²) in [6.45, 7) is 8.02. The van der Waals surface area contributed by atoms with Crippen LogP contribution in [0.3, 0.4) is 0 Å². The first-order valence-corrected chi connectivity index (χ1v) is 6.51. The number of hydrogen-bond acceptors (Lipinski definition) is 2. The topological polar surface area (TPSA) is 52.0 Å². The van der Waals surface area contributed by atoms with E-state index >= 15 is 0 Å². The Bertz CT molecular complexity index is 629. The Hall–Kier alpha value is -2.48. The van der Waals surface area contributed by atoms with Crippen LogP contribution in [0.2, 0.25) is 0 Å². The predicted molar refractivity (Wildman–Crippen MR) is 87.9 cm³/mol. The van der Waals surface area contributed by atoms with E-state index in [4.69, 9.17) is 11.5 Å². The minimum absolute atomic E-state index is 0.696. The standard InChI is InChI=1S/C18H19N2/c1-3-8-14(16-10-5-7-12-18(16)20)13(2)15-9-4-6-11-17(15)19/h3-7,9-12H,1-2,8,19-20H2. The van der Waals surface area contributed by atoms with Gasteiger partial charge in [0.05, 0.1) is 0 Å². The molecule has 0 aliphatic rings. The molecule has 0 amide bonds. The summed E-state index contributed by atoms with van der Waals surface area (Å²) in [5.74, 6) is 1.05. The fraction of sp³-hybridized carbons (Fsp3) is 0.0556. The van der Waals surface area contributed by atoms with Crippen molar-refractivity contribution < 1.29 is 0 Å². The molecule has 101 valence electrons. The van der Waals surface area contributed by atoms with E-state index in [0.29, 0.717) is 12.1 Å². The van der Waals surface area contributed by atoms with Gasteiger partial charge in [-0.25, -0.2) is 0 Å². The van der Waals surface area contributed by atoms with Crippen molar-refractivity contribution in [1.29, 1.82) is 0 Å². The lowest BCUT2D eigenvalue weighted by molar-refractivity contribution is 1.13. The lowest BCUT2D eigenvalue weighted by Crippen LogP contribution is -2.06. The highest BCUT2D eigenvalue weighted by atomic mass is 14.6. The van der Waals surface area contributed by atoms with Crippen LogP contribution in [-0.4, -0.2) is 0 Å². The van der Waals surface area contributed by atoms with Gasteiger partial charge in [0.15, 0.2) is 0 Å². The summed E-state index contributed by atoms with van der Waals surface area (Å²) in [5.41, 5.74) is 16.4. The van der Waals surface area contributed by atoms with Crippen molar-refractivity contribution in [2.24, 2.45) is 0 Å². The molecular formula is C18H19N2. The molecule has 0 bridgehead atoms. The molecule has 0 atom stereocenters. The van der Waals surface area contributed by atoms with E-state index in [9.17, 15) is 0 Å². The smallest absolute Gasteiger partial charge is 0.0399 e. The largest absolute Gasteiger partial charge is 0.398 e. The zero-order valence-electron chi connectivity index (χ0n) is 11.5. The van der Waals surface area contributed by atoms with Gasteiger partial charge >= 0.3 is 0 Å². The van der Waals surface area contributed by atoms with Crippen LogP contribution in [0.4, 0.5) is 11.4 Å². The molecule has 2 nitrogen and oxygen atoms in total. The summed E-state index contributed by atoms with van der Waals surface area (Å²) in [5, 5.41) is 0. The van der Waals surface area contributed by atoms with Gasteiger partial charge in [-0.05, 0) is 29.7 Å². The number of nitrogen functional groups attached to an aromatic ring is 2. The molecule has 0 spiro atoms. The molecule has 20 heavy (non-hydrogen) atoms. The van der Waals surface area contributed by atoms with E-state index in [-0.39, 0.29) is 0 Å². The molecule has 1 radical (unpaired) electrons. The maximum Gasteiger partial charge on any atom is 0.0399 e. The summed E-state index contributed by atoms with van der Waals surface area (Å²) < 4.78 is 0.